The van der Waals surface area contributed by atoms with E-state index in [4.69, 9.17) is 4.42 Å². The van der Waals surface area contributed by atoms with Gasteiger partial charge in [-0.3, -0.25) is 0 Å². The molecule has 2 heteroatoms. The molecule has 2 nitrogen and oxygen atoms in total. The maximum atomic E-state index is 5.43. The van der Waals surface area contributed by atoms with Gasteiger partial charge in [-0.1, -0.05) is 17.7 Å². The normalized spacial score (nSPS) is 10.5. The molecule has 1 aromatic carbocycles. The molecular weight excluding hydrogens is 174 g/mol. The van der Waals surface area contributed by atoms with E-state index in [1.165, 1.54) is 11.1 Å². The van der Waals surface area contributed by atoms with Gasteiger partial charge in [-0.15, -0.1) is 0 Å². The second kappa shape index (κ2) is 3.29. The largest absolute Gasteiger partial charge is 0.406 e. The molecule has 2 aromatic rings. The van der Waals surface area contributed by atoms with E-state index in [1.54, 1.807) is 6.26 Å². The average Bonchev–Trinajstić information content (AvgIpc) is 2.52. The Bertz CT molecular complexity index is 457. The summed E-state index contributed by atoms with van der Waals surface area (Å²) in [6, 6.07) is 6.37. The molecule has 0 atom stereocenters. The Balaban J connectivity index is 2.58. The van der Waals surface area contributed by atoms with E-state index in [2.05, 4.69) is 32.0 Å². The molecule has 0 N–H and O–H groups in total. The van der Waals surface area contributed by atoms with Crippen molar-refractivity contribution in [3.8, 4) is 11.5 Å². The Morgan fingerprint density at radius 2 is 2.00 bits per heavy atom. The molecule has 0 amide bonds. The predicted molar refractivity (Wildman–Crippen MR) is 54.8 cm³/mol. The number of nitrogens with zero attached hydrogens (tertiary/aromatic N) is 1. The first kappa shape index (κ1) is 9.00. The summed E-state index contributed by atoms with van der Waals surface area (Å²) in [6.45, 7) is 4.20. The third-order valence-electron chi connectivity index (χ3n) is 2.40. The van der Waals surface area contributed by atoms with Gasteiger partial charge in [-0.25, -0.2) is 0 Å². The van der Waals surface area contributed by atoms with Crippen molar-refractivity contribution in [2.75, 3.05) is 0 Å². The van der Waals surface area contributed by atoms with Gasteiger partial charge in [0.05, 0.1) is 5.56 Å². The molecule has 0 unspecified atom stereocenters. The van der Waals surface area contributed by atoms with Gasteiger partial charge in [0.1, 0.15) is 7.05 Å². The lowest BCUT2D eigenvalue weighted by Gasteiger charge is -2.00. The van der Waals surface area contributed by atoms with E-state index in [0.717, 1.165) is 11.5 Å². The highest BCUT2D eigenvalue weighted by molar-refractivity contribution is 5.56. The highest BCUT2D eigenvalue weighted by atomic mass is 16.3. The topological polar surface area (TPSA) is 17.0 Å². The number of hydrogen-bond acceptors (Lipinski definition) is 1. The SMILES string of the molecule is Cc1ccc(-c2occ[n+]2C)c(C)c1. The van der Waals surface area contributed by atoms with Crippen molar-refractivity contribution in [3.05, 3.63) is 41.8 Å². The fourth-order valence-corrected chi connectivity index (χ4v) is 1.64. The number of oxazole rings is 1. The highest BCUT2D eigenvalue weighted by Gasteiger charge is 2.15. The zero-order valence-electron chi connectivity index (χ0n) is 8.74. The Labute approximate surface area is 83.8 Å². The Morgan fingerprint density at radius 1 is 1.21 bits per heavy atom. The van der Waals surface area contributed by atoms with E-state index in [1.807, 2.05) is 17.8 Å². The molecule has 0 saturated heterocycles. The molecule has 0 bridgehead atoms. The standard InChI is InChI=1S/C12H14NO/c1-9-4-5-11(10(2)8-9)12-13(3)6-7-14-12/h4-8H,1-3H3/q+1. The molecule has 0 radical (unpaired) electrons. The molecule has 0 fully saturated rings. The summed E-state index contributed by atoms with van der Waals surface area (Å²) in [4.78, 5) is 0. The minimum absolute atomic E-state index is 0.905. The van der Waals surface area contributed by atoms with Crippen LogP contribution >= 0.6 is 0 Å². The molecular formula is C12H14NO+. The fourth-order valence-electron chi connectivity index (χ4n) is 1.64. The summed E-state index contributed by atoms with van der Waals surface area (Å²) in [5.41, 5.74) is 3.68. The monoisotopic (exact) mass is 188 g/mol. The zero-order valence-corrected chi connectivity index (χ0v) is 8.74. The first-order valence-corrected chi connectivity index (χ1v) is 4.69. The summed E-state index contributed by atoms with van der Waals surface area (Å²) in [7, 11) is 1.98. The van der Waals surface area contributed by atoms with Crippen LogP contribution in [0.1, 0.15) is 11.1 Å². The van der Waals surface area contributed by atoms with Crippen LogP contribution in [-0.4, -0.2) is 0 Å². The van der Waals surface area contributed by atoms with Gasteiger partial charge in [0.25, 0.3) is 0 Å². The number of hydrogen-bond donors (Lipinski definition) is 0. The second-order valence-corrected chi connectivity index (χ2v) is 3.64. The van der Waals surface area contributed by atoms with Crippen LogP contribution in [0.4, 0.5) is 0 Å². The lowest BCUT2D eigenvalue weighted by atomic mass is 10.1. The average molecular weight is 188 g/mol. The minimum Gasteiger partial charge on any atom is -0.406 e. The Kier molecular flexibility index (Phi) is 2.12. The second-order valence-electron chi connectivity index (χ2n) is 3.64. The van der Waals surface area contributed by atoms with Crippen molar-refractivity contribution in [2.45, 2.75) is 13.8 Å². The maximum absolute atomic E-state index is 5.43. The Hall–Kier alpha value is -1.57. The van der Waals surface area contributed by atoms with Crippen LogP contribution in [0.2, 0.25) is 0 Å². The van der Waals surface area contributed by atoms with E-state index < -0.39 is 0 Å². The zero-order chi connectivity index (χ0) is 10.1. The number of rotatable bonds is 1. The number of aryl methyl sites for hydroxylation is 3. The van der Waals surface area contributed by atoms with E-state index in [-0.39, 0.29) is 0 Å². The maximum Gasteiger partial charge on any atom is 0.380 e. The molecule has 14 heavy (non-hydrogen) atoms. The smallest absolute Gasteiger partial charge is 0.380 e. The van der Waals surface area contributed by atoms with Crippen LogP contribution in [-0.2, 0) is 7.05 Å². The van der Waals surface area contributed by atoms with Crippen LogP contribution in [0, 0.1) is 13.8 Å². The van der Waals surface area contributed by atoms with E-state index in [9.17, 15) is 0 Å². The first-order chi connectivity index (χ1) is 6.68. The van der Waals surface area contributed by atoms with Crippen LogP contribution in [0.25, 0.3) is 11.5 Å². The minimum atomic E-state index is 0.905. The molecule has 0 saturated carbocycles. The van der Waals surface area contributed by atoms with Gasteiger partial charge in [-0.2, -0.15) is 4.57 Å². The summed E-state index contributed by atoms with van der Waals surface area (Å²) in [5, 5.41) is 0. The molecule has 72 valence electrons. The molecule has 0 aliphatic rings. The number of benzene rings is 1. The molecule has 0 spiro atoms. The van der Waals surface area contributed by atoms with E-state index in [0.29, 0.717) is 0 Å². The van der Waals surface area contributed by atoms with Gasteiger partial charge >= 0.3 is 5.89 Å². The lowest BCUT2D eigenvalue weighted by Crippen LogP contribution is -2.27. The van der Waals surface area contributed by atoms with Gasteiger partial charge in [-0.05, 0) is 25.5 Å². The van der Waals surface area contributed by atoms with Crippen molar-refractivity contribution >= 4 is 0 Å². The van der Waals surface area contributed by atoms with Crippen LogP contribution in [0.3, 0.4) is 0 Å². The van der Waals surface area contributed by atoms with Crippen LogP contribution < -0.4 is 4.57 Å². The van der Waals surface area contributed by atoms with Gasteiger partial charge < -0.3 is 4.42 Å². The fraction of sp³-hybridized carbons (Fsp3) is 0.250. The first-order valence-electron chi connectivity index (χ1n) is 4.69. The molecule has 0 aliphatic heterocycles. The third-order valence-corrected chi connectivity index (χ3v) is 2.40. The Morgan fingerprint density at radius 3 is 2.57 bits per heavy atom. The van der Waals surface area contributed by atoms with Crippen molar-refractivity contribution < 1.29 is 8.98 Å². The molecule has 0 aliphatic carbocycles. The predicted octanol–water partition coefficient (Wildman–Crippen LogP) is 2.39. The van der Waals surface area contributed by atoms with Crippen molar-refractivity contribution in [1.82, 2.24) is 0 Å². The van der Waals surface area contributed by atoms with Gasteiger partial charge in [0.2, 0.25) is 6.20 Å². The number of aromatic nitrogens is 1. The van der Waals surface area contributed by atoms with Crippen LogP contribution in [0.15, 0.2) is 35.1 Å². The highest BCUT2D eigenvalue weighted by Crippen LogP contribution is 2.20. The third kappa shape index (κ3) is 1.43. The van der Waals surface area contributed by atoms with Crippen molar-refractivity contribution in [2.24, 2.45) is 7.05 Å². The van der Waals surface area contributed by atoms with E-state index >= 15 is 0 Å². The van der Waals surface area contributed by atoms with Crippen molar-refractivity contribution in [3.63, 3.8) is 0 Å². The summed E-state index contributed by atoms with van der Waals surface area (Å²) < 4.78 is 7.42. The van der Waals surface area contributed by atoms with Gasteiger partial charge in [0.15, 0.2) is 6.26 Å². The molecule has 1 aromatic heterocycles. The van der Waals surface area contributed by atoms with Crippen LogP contribution in [0.5, 0.6) is 0 Å². The van der Waals surface area contributed by atoms with Crippen molar-refractivity contribution in [1.29, 1.82) is 0 Å². The summed E-state index contributed by atoms with van der Waals surface area (Å²) in [6.07, 6.45) is 3.61. The molecule has 2 rings (SSSR count). The van der Waals surface area contributed by atoms with Gasteiger partial charge in [0, 0.05) is 0 Å². The summed E-state index contributed by atoms with van der Waals surface area (Å²) >= 11 is 0. The summed E-state index contributed by atoms with van der Waals surface area (Å²) in [5.74, 6) is 0.905. The lowest BCUT2D eigenvalue weighted by molar-refractivity contribution is -0.662. The quantitative estimate of drug-likeness (QED) is 0.628. The molecule has 1 heterocycles.